The van der Waals surface area contributed by atoms with Crippen LogP contribution in [0.3, 0.4) is 0 Å². The van der Waals surface area contributed by atoms with Gasteiger partial charge in [0.2, 0.25) is 0 Å². The molecule has 0 fully saturated rings. The lowest BCUT2D eigenvalue weighted by Crippen LogP contribution is -2.02. The highest BCUT2D eigenvalue weighted by Crippen LogP contribution is 2.26. The van der Waals surface area contributed by atoms with E-state index in [9.17, 15) is 9.18 Å². The Morgan fingerprint density at radius 3 is 2.86 bits per heavy atom. The maximum atomic E-state index is 13.0. The summed E-state index contributed by atoms with van der Waals surface area (Å²) in [6.45, 7) is 0. The minimum Gasteiger partial charge on any atom is -0.397 e. The van der Waals surface area contributed by atoms with E-state index in [1.54, 1.807) is 30.3 Å². The molecule has 3 nitrogen and oxygen atoms in total. The Balaban J connectivity index is 1.87. The summed E-state index contributed by atoms with van der Waals surface area (Å²) in [4.78, 5) is 16.1. The highest BCUT2D eigenvalue weighted by atomic mass is 35.5. The topological polar surface area (TPSA) is 43.1 Å². The molecular weight excluding hydrogens is 313 g/mol. The van der Waals surface area contributed by atoms with Crippen LogP contribution >= 0.6 is 23.4 Å². The van der Waals surface area contributed by atoms with Crippen LogP contribution in [0, 0.1) is 5.82 Å². The van der Waals surface area contributed by atoms with Gasteiger partial charge < -0.3 is 4.42 Å². The first-order valence-corrected chi connectivity index (χ1v) is 7.46. The number of aromatic nitrogens is 1. The zero-order valence-electron chi connectivity index (χ0n) is 10.7. The maximum Gasteiger partial charge on any atom is 0.347 e. The van der Waals surface area contributed by atoms with E-state index in [1.165, 1.54) is 23.9 Å². The number of hydrogen-bond donors (Lipinski definition) is 0. The molecule has 0 spiro atoms. The molecule has 3 aromatic rings. The van der Waals surface area contributed by atoms with E-state index in [1.807, 2.05) is 0 Å². The lowest BCUT2D eigenvalue weighted by Gasteiger charge is -2.04. The number of halogens is 2. The van der Waals surface area contributed by atoms with Crippen LogP contribution < -0.4 is 5.63 Å². The average Bonchev–Trinajstić information content (AvgIpc) is 2.46. The molecule has 2 aromatic carbocycles. The molecule has 21 heavy (non-hydrogen) atoms. The summed E-state index contributed by atoms with van der Waals surface area (Å²) in [7, 11) is 0. The number of rotatable bonds is 3. The summed E-state index contributed by atoms with van der Waals surface area (Å²) < 4.78 is 18.1. The van der Waals surface area contributed by atoms with Crippen molar-refractivity contribution in [2.75, 3.05) is 0 Å². The van der Waals surface area contributed by atoms with Crippen molar-refractivity contribution in [3.8, 4) is 0 Å². The predicted octanol–water partition coefficient (Wildman–Crippen LogP) is 4.27. The van der Waals surface area contributed by atoms with Gasteiger partial charge in [0.1, 0.15) is 5.82 Å². The Hall–Kier alpha value is -1.85. The molecule has 0 bridgehead atoms. The molecule has 3 rings (SSSR count). The second-order valence-corrected chi connectivity index (χ2v) is 5.64. The van der Waals surface area contributed by atoms with Gasteiger partial charge in [0.15, 0.2) is 0 Å². The number of para-hydroxylation sites is 1. The van der Waals surface area contributed by atoms with Crippen molar-refractivity contribution in [3.63, 3.8) is 0 Å². The SMILES string of the molecule is O=c1oc(SCc2ccc(F)cc2Cl)nc2ccccc12. The molecule has 0 unspecified atom stereocenters. The van der Waals surface area contributed by atoms with Gasteiger partial charge in [0, 0.05) is 10.8 Å². The van der Waals surface area contributed by atoms with Crippen LogP contribution in [0.4, 0.5) is 4.39 Å². The number of fused-ring (bicyclic) bond motifs is 1. The molecule has 0 aliphatic carbocycles. The Kier molecular flexibility index (Phi) is 3.94. The molecular formula is C15H9ClFNO2S. The van der Waals surface area contributed by atoms with Crippen LogP contribution in [0.5, 0.6) is 0 Å². The summed E-state index contributed by atoms with van der Waals surface area (Å²) >= 11 is 7.19. The van der Waals surface area contributed by atoms with Crippen molar-refractivity contribution < 1.29 is 8.81 Å². The monoisotopic (exact) mass is 321 g/mol. The first-order chi connectivity index (χ1) is 10.1. The Bertz CT molecular complexity index is 866. The molecule has 0 saturated heterocycles. The second-order valence-electron chi connectivity index (χ2n) is 4.31. The summed E-state index contributed by atoms with van der Waals surface area (Å²) in [5, 5.41) is 1.05. The van der Waals surface area contributed by atoms with Crippen LogP contribution in [0.2, 0.25) is 5.02 Å². The lowest BCUT2D eigenvalue weighted by molar-refractivity contribution is 0.401. The third-order valence-electron chi connectivity index (χ3n) is 2.88. The third kappa shape index (κ3) is 3.09. The van der Waals surface area contributed by atoms with Gasteiger partial charge in [0.05, 0.1) is 10.9 Å². The van der Waals surface area contributed by atoms with E-state index < -0.39 is 5.63 Å². The Labute approximate surface area is 128 Å². The summed E-state index contributed by atoms with van der Waals surface area (Å²) in [6.07, 6.45) is 0. The van der Waals surface area contributed by atoms with Gasteiger partial charge >= 0.3 is 5.63 Å². The van der Waals surface area contributed by atoms with E-state index in [2.05, 4.69) is 4.98 Å². The van der Waals surface area contributed by atoms with E-state index in [0.717, 1.165) is 5.56 Å². The van der Waals surface area contributed by atoms with Crippen molar-refractivity contribution in [1.29, 1.82) is 0 Å². The zero-order chi connectivity index (χ0) is 14.8. The van der Waals surface area contributed by atoms with Crippen LogP contribution in [-0.4, -0.2) is 4.98 Å². The fourth-order valence-electron chi connectivity index (χ4n) is 1.84. The normalized spacial score (nSPS) is 11.0. The van der Waals surface area contributed by atoms with Crippen molar-refractivity contribution in [2.24, 2.45) is 0 Å². The molecule has 0 amide bonds. The van der Waals surface area contributed by atoms with Crippen molar-refractivity contribution in [1.82, 2.24) is 4.98 Å². The fraction of sp³-hybridized carbons (Fsp3) is 0.0667. The van der Waals surface area contributed by atoms with E-state index in [4.69, 9.17) is 16.0 Å². The summed E-state index contributed by atoms with van der Waals surface area (Å²) in [6, 6.07) is 11.2. The molecule has 1 aromatic heterocycles. The molecule has 1 heterocycles. The molecule has 106 valence electrons. The molecule has 0 N–H and O–H groups in total. The largest absolute Gasteiger partial charge is 0.397 e. The van der Waals surface area contributed by atoms with E-state index >= 15 is 0 Å². The molecule has 0 aliphatic rings. The second kappa shape index (κ2) is 5.87. The van der Waals surface area contributed by atoms with Gasteiger partial charge in [-0.05, 0) is 29.8 Å². The quantitative estimate of drug-likeness (QED) is 0.676. The first kappa shape index (κ1) is 14.1. The van der Waals surface area contributed by atoms with Gasteiger partial charge in [-0.25, -0.2) is 14.2 Å². The predicted molar refractivity (Wildman–Crippen MR) is 81.3 cm³/mol. The summed E-state index contributed by atoms with van der Waals surface area (Å²) in [5.74, 6) is 0.0528. The first-order valence-electron chi connectivity index (χ1n) is 6.10. The highest BCUT2D eigenvalue weighted by molar-refractivity contribution is 7.98. The van der Waals surface area contributed by atoms with Crippen molar-refractivity contribution in [2.45, 2.75) is 11.0 Å². The fourth-order valence-corrected chi connectivity index (χ4v) is 2.98. The zero-order valence-corrected chi connectivity index (χ0v) is 12.2. The van der Waals surface area contributed by atoms with E-state index in [-0.39, 0.29) is 11.0 Å². The number of hydrogen-bond acceptors (Lipinski definition) is 4. The van der Waals surface area contributed by atoms with Gasteiger partial charge in [-0.3, -0.25) is 0 Å². The van der Waals surface area contributed by atoms with Crippen molar-refractivity contribution >= 4 is 34.3 Å². The molecule has 0 atom stereocenters. The number of nitrogens with zero attached hydrogens (tertiary/aromatic N) is 1. The molecule has 0 aliphatic heterocycles. The number of thioether (sulfide) groups is 1. The van der Waals surface area contributed by atoms with E-state index in [0.29, 0.717) is 21.7 Å². The van der Waals surface area contributed by atoms with Crippen LogP contribution in [0.1, 0.15) is 5.56 Å². The smallest absolute Gasteiger partial charge is 0.347 e. The standard InChI is InChI=1S/C15H9ClFNO2S/c16-12-7-10(17)6-5-9(12)8-21-15-18-13-4-2-1-3-11(13)14(19)20-15/h1-7H,8H2. The number of benzene rings is 2. The van der Waals surface area contributed by atoms with Crippen LogP contribution in [-0.2, 0) is 5.75 Å². The van der Waals surface area contributed by atoms with Gasteiger partial charge in [-0.1, -0.05) is 41.6 Å². The lowest BCUT2D eigenvalue weighted by atomic mass is 10.2. The van der Waals surface area contributed by atoms with Crippen molar-refractivity contribution in [3.05, 3.63) is 69.3 Å². The minimum absolute atomic E-state index is 0.263. The Morgan fingerprint density at radius 2 is 2.05 bits per heavy atom. The van der Waals surface area contributed by atoms with Gasteiger partial charge in [-0.15, -0.1) is 0 Å². The Morgan fingerprint density at radius 1 is 1.24 bits per heavy atom. The van der Waals surface area contributed by atoms with Crippen LogP contribution in [0.25, 0.3) is 10.9 Å². The summed E-state index contributed by atoms with van der Waals surface area (Å²) in [5.41, 5.74) is 0.912. The van der Waals surface area contributed by atoms with Gasteiger partial charge in [-0.2, -0.15) is 0 Å². The minimum atomic E-state index is -0.423. The average molecular weight is 322 g/mol. The molecule has 6 heteroatoms. The molecule has 0 saturated carbocycles. The third-order valence-corrected chi connectivity index (χ3v) is 4.11. The van der Waals surface area contributed by atoms with Crippen LogP contribution in [0.15, 0.2) is 56.9 Å². The molecule has 0 radical (unpaired) electrons. The van der Waals surface area contributed by atoms with Gasteiger partial charge in [0.25, 0.3) is 5.22 Å². The maximum absolute atomic E-state index is 13.0. The highest BCUT2D eigenvalue weighted by Gasteiger charge is 2.08.